The van der Waals surface area contributed by atoms with Gasteiger partial charge >= 0.3 is 21.1 Å². The first-order valence-electron chi connectivity index (χ1n) is 1.90. The predicted molar refractivity (Wildman–Crippen MR) is 35.3 cm³/mol. The van der Waals surface area contributed by atoms with Crippen LogP contribution in [0.25, 0.3) is 10.0 Å². The Hall–Kier alpha value is 0.538. The summed E-state index contributed by atoms with van der Waals surface area (Å²) in [4.78, 5) is 0. The zero-order valence-electron chi connectivity index (χ0n) is 4.87. The van der Waals surface area contributed by atoms with Gasteiger partial charge in [-0.2, -0.15) is 13.2 Å². The van der Waals surface area contributed by atoms with Crippen LogP contribution in [0.3, 0.4) is 0 Å². The summed E-state index contributed by atoms with van der Waals surface area (Å²) in [6.45, 7) is 0. The van der Waals surface area contributed by atoms with Crippen LogP contribution in [0.15, 0.2) is 11.6 Å². The first-order chi connectivity index (χ1) is 3.41. The third-order valence-corrected chi connectivity index (χ3v) is 0.830. The molecule has 0 fully saturated rings. The van der Waals surface area contributed by atoms with Gasteiger partial charge in [0.15, 0.2) is 0 Å². The zero-order valence-corrected chi connectivity index (χ0v) is 8.62. The molecule has 0 heterocycles. The molecule has 0 unspecified atom stereocenters. The van der Waals surface area contributed by atoms with Crippen LogP contribution in [0.5, 0.6) is 0 Å². The molecule has 0 N–H and O–H groups in total. The van der Waals surface area contributed by atoms with E-state index < -0.39 is 0 Å². The maximum Gasteiger partial charge on any atom is 2.00 e. The number of rotatable bonds is 3. The Kier molecular flexibility index (Phi) is 14.9. The second-order valence-electron chi connectivity index (χ2n) is 0.831. The van der Waals surface area contributed by atoms with Crippen LogP contribution < -0.4 is 0 Å². The molecule has 0 aliphatic heterocycles. The van der Waals surface area contributed by atoms with Crippen molar-refractivity contribution in [2.45, 2.75) is 0 Å². The molecule has 0 radical (unpaired) electrons. The fourth-order valence-electron chi connectivity index (χ4n) is 0.149. The Bertz CT molecular complexity index is 58.0. The minimum absolute atomic E-state index is 0. The van der Waals surface area contributed by atoms with Crippen molar-refractivity contribution in [3.63, 3.8) is 0 Å². The largest absolute Gasteiger partial charge is 2.00 e. The maximum atomic E-state index is 3.74. The van der Waals surface area contributed by atoms with E-state index in [0.717, 1.165) is 0 Å². The average Bonchev–Trinajstić information content (AvgIpc) is 1.69. The minimum atomic E-state index is 0. The van der Waals surface area contributed by atoms with Gasteiger partial charge in [0.25, 0.3) is 0 Å². The van der Waals surface area contributed by atoms with Crippen LogP contribution in [0.4, 0.5) is 0 Å². The summed E-state index contributed by atoms with van der Waals surface area (Å²) in [6.07, 6.45) is 1.71. The Morgan fingerprint density at radius 2 is 2.00 bits per heavy atom. The normalized spacial score (nSPS) is 8.75. The molecule has 0 saturated carbocycles. The van der Waals surface area contributed by atoms with E-state index in [1.54, 1.807) is 20.3 Å². The standard InChI is InChI=1S/C4H8N2S.W/c1-5-3-4-7-6-2;/h3-4H,1-2H3;/q-2;+2/b4-3-;. The molecule has 0 aromatic rings. The van der Waals surface area contributed by atoms with Crippen LogP contribution >= 0.6 is 11.9 Å². The van der Waals surface area contributed by atoms with Gasteiger partial charge < -0.3 is 10.0 Å². The second-order valence-corrected chi connectivity index (χ2v) is 1.68. The van der Waals surface area contributed by atoms with Gasteiger partial charge in [0.2, 0.25) is 0 Å². The Balaban J connectivity index is 0. The number of nitrogens with zero attached hydrogens (tertiary/aromatic N) is 2. The zero-order chi connectivity index (χ0) is 5.54. The minimum Gasteiger partial charge on any atom is -0.693 e. The first kappa shape index (κ1) is 11.3. The summed E-state index contributed by atoms with van der Waals surface area (Å²) < 4.78 is 3.74. The van der Waals surface area contributed by atoms with E-state index in [1.807, 2.05) is 5.41 Å². The topological polar surface area (TPSA) is 28.2 Å². The molecule has 0 bridgehead atoms. The molecule has 2 nitrogen and oxygen atoms in total. The third-order valence-electron chi connectivity index (χ3n) is 0.376. The Morgan fingerprint density at radius 3 is 2.38 bits per heavy atom. The van der Waals surface area contributed by atoms with Crippen molar-refractivity contribution in [3.05, 3.63) is 21.6 Å². The van der Waals surface area contributed by atoms with Crippen LogP contribution in [0.1, 0.15) is 0 Å². The SMILES string of the molecule is C[N-]/C=C\S[N-]C.[W+2]. The Morgan fingerprint density at radius 1 is 1.38 bits per heavy atom. The van der Waals surface area contributed by atoms with Gasteiger partial charge in [-0.05, 0) is 0 Å². The van der Waals surface area contributed by atoms with Crippen molar-refractivity contribution in [2.24, 2.45) is 0 Å². The molecule has 0 rings (SSSR count). The van der Waals surface area contributed by atoms with E-state index in [9.17, 15) is 0 Å². The third kappa shape index (κ3) is 9.74. The summed E-state index contributed by atoms with van der Waals surface area (Å²) >= 11 is 1.38. The van der Waals surface area contributed by atoms with Crippen molar-refractivity contribution in [3.8, 4) is 0 Å². The fourth-order valence-corrected chi connectivity index (χ4v) is 0.447. The quantitative estimate of drug-likeness (QED) is 0.734. The van der Waals surface area contributed by atoms with Gasteiger partial charge in [0.1, 0.15) is 0 Å². The van der Waals surface area contributed by atoms with Crippen LogP contribution in [0, 0.1) is 0 Å². The summed E-state index contributed by atoms with van der Waals surface area (Å²) in [6, 6.07) is 0. The van der Waals surface area contributed by atoms with Crippen molar-refractivity contribution in [1.29, 1.82) is 0 Å². The van der Waals surface area contributed by atoms with E-state index in [2.05, 4.69) is 10.0 Å². The summed E-state index contributed by atoms with van der Waals surface area (Å²) in [5.41, 5.74) is 0. The van der Waals surface area contributed by atoms with Crippen LogP contribution in [0.2, 0.25) is 0 Å². The molecule has 46 valence electrons. The monoisotopic (exact) mass is 300 g/mol. The van der Waals surface area contributed by atoms with E-state index in [1.165, 1.54) is 11.9 Å². The van der Waals surface area contributed by atoms with Gasteiger partial charge in [0, 0.05) is 0 Å². The molecule has 0 aliphatic carbocycles. The van der Waals surface area contributed by atoms with Gasteiger partial charge in [0.05, 0.1) is 0 Å². The van der Waals surface area contributed by atoms with E-state index in [4.69, 9.17) is 0 Å². The van der Waals surface area contributed by atoms with E-state index >= 15 is 0 Å². The van der Waals surface area contributed by atoms with Crippen molar-refractivity contribution < 1.29 is 21.1 Å². The molecule has 0 aromatic carbocycles. The summed E-state index contributed by atoms with van der Waals surface area (Å²) in [5.74, 6) is 0. The molecule has 0 saturated heterocycles. The second kappa shape index (κ2) is 10.5. The molecule has 8 heavy (non-hydrogen) atoms. The molecule has 0 atom stereocenters. The Labute approximate surface area is 68.9 Å². The molecular formula is C4H8N2SW. The smallest absolute Gasteiger partial charge is 0.693 e. The molecule has 0 spiro atoms. The summed E-state index contributed by atoms with van der Waals surface area (Å²) in [7, 11) is 3.47. The van der Waals surface area contributed by atoms with E-state index in [-0.39, 0.29) is 21.1 Å². The fraction of sp³-hybridized carbons (Fsp3) is 0.500. The molecule has 0 aliphatic rings. The molecule has 0 amide bonds. The van der Waals surface area contributed by atoms with Crippen molar-refractivity contribution in [1.82, 2.24) is 0 Å². The molecule has 0 aromatic heterocycles. The number of hydrogen-bond donors (Lipinski definition) is 0. The van der Waals surface area contributed by atoms with Gasteiger partial charge in [-0.25, -0.2) is 0 Å². The maximum absolute atomic E-state index is 3.74. The number of hydrogen-bond acceptors (Lipinski definition) is 1. The van der Waals surface area contributed by atoms with Crippen LogP contribution in [-0.2, 0) is 21.1 Å². The van der Waals surface area contributed by atoms with Crippen molar-refractivity contribution in [2.75, 3.05) is 14.1 Å². The molecular weight excluding hydrogens is 292 g/mol. The predicted octanol–water partition coefficient (Wildman–Crippen LogP) is 2.11. The van der Waals surface area contributed by atoms with Gasteiger partial charge in [-0.3, -0.25) is 11.9 Å². The average molecular weight is 300 g/mol. The van der Waals surface area contributed by atoms with E-state index in [0.29, 0.717) is 0 Å². The molecule has 4 heteroatoms. The van der Waals surface area contributed by atoms with Gasteiger partial charge in [-0.1, -0.05) is 5.41 Å². The van der Waals surface area contributed by atoms with Crippen LogP contribution in [-0.4, -0.2) is 14.1 Å². The summed E-state index contributed by atoms with van der Waals surface area (Å²) in [5, 5.41) is 5.53. The first-order valence-corrected chi connectivity index (χ1v) is 2.74. The van der Waals surface area contributed by atoms with Crippen molar-refractivity contribution >= 4 is 11.9 Å². The van der Waals surface area contributed by atoms with Gasteiger partial charge in [-0.15, -0.1) is 7.05 Å².